The molecule has 0 spiro atoms. The Balaban J connectivity index is 2.05. The first-order chi connectivity index (χ1) is 8.60. The quantitative estimate of drug-likeness (QED) is 0.763. The summed E-state index contributed by atoms with van der Waals surface area (Å²) in [6, 6.07) is 2.94. The summed E-state index contributed by atoms with van der Waals surface area (Å²) in [4.78, 5) is 0. The van der Waals surface area contributed by atoms with E-state index < -0.39 is 0 Å². The van der Waals surface area contributed by atoms with Crippen molar-refractivity contribution in [2.45, 2.75) is 32.6 Å². The molecule has 4 heteroatoms. The Bertz CT molecular complexity index is 430. The third kappa shape index (κ3) is 2.68. The van der Waals surface area contributed by atoms with Gasteiger partial charge in [0.05, 0.1) is 18.5 Å². The van der Waals surface area contributed by atoms with Crippen LogP contribution in [0.3, 0.4) is 0 Å². The van der Waals surface area contributed by atoms with Gasteiger partial charge in [-0.15, -0.1) is 0 Å². The lowest BCUT2D eigenvalue weighted by Gasteiger charge is -2.17. The lowest BCUT2D eigenvalue weighted by molar-refractivity contribution is 0.416. The van der Waals surface area contributed by atoms with E-state index in [4.69, 9.17) is 10.5 Å². The highest BCUT2D eigenvalue weighted by Crippen LogP contribution is 2.49. The Morgan fingerprint density at radius 1 is 1.44 bits per heavy atom. The van der Waals surface area contributed by atoms with Gasteiger partial charge in [0, 0.05) is 18.7 Å². The fourth-order valence-electron chi connectivity index (χ4n) is 2.39. The normalized spacial score (nSPS) is 16.4. The van der Waals surface area contributed by atoms with Gasteiger partial charge in [-0.3, -0.25) is 0 Å². The molecular formula is C14H21FN2O. The SMILES string of the molecule is CCCC1(CNc2cc(OC)c(N)cc2F)CC1. The number of nitrogens with two attached hydrogens (primary N) is 1. The third-order valence-corrected chi connectivity index (χ3v) is 3.71. The second kappa shape index (κ2) is 5.04. The largest absolute Gasteiger partial charge is 0.495 e. The molecule has 0 atom stereocenters. The molecule has 1 aromatic carbocycles. The number of rotatable bonds is 6. The van der Waals surface area contributed by atoms with Crippen LogP contribution in [0.2, 0.25) is 0 Å². The van der Waals surface area contributed by atoms with Gasteiger partial charge in [0.25, 0.3) is 0 Å². The lowest BCUT2D eigenvalue weighted by Crippen LogP contribution is -2.16. The van der Waals surface area contributed by atoms with Gasteiger partial charge >= 0.3 is 0 Å². The Labute approximate surface area is 108 Å². The second-order valence-corrected chi connectivity index (χ2v) is 5.18. The standard InChI is InChI=1S/C14H21FN2O/c1-3-4-14(5-6-14)9-17-12-8-13(18-2)11(16)7-10(12)15/h7-8,17H,3-6,9,16H2,1-2H3. The fourth-order valence-corrected chi connectivity index (χ4v) is 2.39. The highest BCUT2D eigenvalue weighted by atomic mass is 19.1. The molecule has 0 amide bonds. The lowest BCUT2D eigenvalue weighted by atomic mass is 10.0. The number of hydrogen-bond donors (Lipinski definition) is 2. The van der Waals surface area contributed by atoms with Crippen molar-refractivity contribution in [3.8, 4) is 5.75 Å². The Morgan fingerprint density at radius 2 is 2.17 bits per heavy atom. The Kier molecular flexibility index (Phi) is 3.64. The summed E-state index contributed by atoms with van der Waals surface area (Å²) in [7, 11) is 1.53. The minimum Gasteiger partial charge on any atom is -0.495 e. The van der Waals surface area contributed by atoms with E-state index in [-0.39, 0.29) is 5.82 Å². The van der Waals surface area contributed by atoms with Crippen LogP contribution in [-0.2, 0) is 0 Å². The molecule has 1 fully saturated rings. The maximum Gasteiger partial charge on any atom is 0.148 e. The first kappa shape index (κ1) is 13.0. The van der Waals surface area contributed by atoms with E-state index in [0.29, 0.717) is 22.5 Å². The number of ether oxygens (including phenoxy) is 1. The van der Waals surface area contributed by atoms with Crippen LogP contribution in [0, 0.1) is 11.2 Å². The topological polar surface area (TPSA) is 47.3 Å². The van der Waals surface area contributed by atoms with Crippen LogP contribution in [0.1, 0.15) is 32.6 Å². The fraction of sp³-hybridized carbons (Fsp3) is 0.571. The average Bonchev–Trinajstić information content (AvgIpc) is 3.09. The van der Waals surface area contributed by atoms with Crippen LogP contribution in [-0.4, -0.2) is 13.7 Å². The van der Waals surface area contributed by atoms with Crippen LogP contribution in [0.25, 0.3) is 0 Å². The maximum absolute atomic E-state index is 13.8. The summed E-state index contributed by atoms with van der Waals surface area (Å²) in [6.07, 6.45) is 4.85. The summed E-state index contributed by atoms with van der Waals surface area (Å²) in [6.45, 7) is 3.01. The summed E-state index contributed by atoms with van der Waals surface area (Å²) in [5, 5.41) is 3.19. The second-order valence-electron chi connectivity index (χ2n) is 5.18. The maximum atomic E-state index is 13.8. The molecule has 2 rings (SSSR count). The van der Waals surface area contributed by atoms with Crippen molar-refractivity contribution in [3.63, 3.8) is 0 Å². The molecule has 1 saturated carbocycles. The number of nitrogens with one attached hydrogen (secondary N) is 1. The summed E-state index contributed by atoms with van der Waals surface area (Å²) in [5.74, 6) is 0.194. The van der Waals surface area contributed by atoms with E-state index in [1.165, 1.54) is 38.9 Å². The van der Waals surface area contributed by atoms with Crippen LogP contribution in [0.4, 0.5) is 15.8 Å². The van der Waals surface area contributed by atoms with E-state index in [0.717, 1.165) is 6.54 Å². The van der Waals surface area contributed by atoms with Crippen LogP contribution in [0.15, 0.2) is 12.1 Å². The first-order valence-electron chi connectivity index (χ1n) is 6.47. The molecule has 100 valence electrons. The van der Waals surface area contributed by atoms with Crippen molar-refractivity contribution < 1.29 is 9.13 Å². The number of halogens is 1. The average molecular weight is 252 g/mol. The van der Waals surface area contributed by atoms with Crippen molar-refractivity contribution in [1.29, 1.82) is 0 Å². The molecule has 3 N–H and O–H groups in total. The summed E-state index contributed by atoms with van der Waals surface area (Å²) >= 11 is 0. The molecule has 0 radical (unpaired) electrons. The van der Waals surface area contributed by atoms with Crippen molar-refractivity contribution in [3.05, 3.63) is 17.9 Å². The molecule has 1 aliphatic carbocycles. The first-order valence-corrected chi connectivity index (χ1v) is 6.47. The van der Waals surface area contributed by atoms with Crippen LogP contribution in [0.5, 0.6) is 5.75 Å². The zero-order valence-electron chi connectivity index (χ0n) is 11.1. The minimum atomic E-state index is -0.319. The van der Waals surface area contributed by atoms with Crippen LogP contribution < -0.4 is 15.8 Å². The molecule has 0 bridgehead atoms. The zero-order chi connectivity index (χ0) is 13.2. The van der Waals surface area contributed by atoms with Gasteiger partial charge < -0.3 is 15.8 Å². The molecule has 3 nitrogen and oxygen atoms in total. The van der Waals surface area contributed by atoms with Crippen molar-refractivity contribution in [1.82, 2.24) is 0 Å². The van der Waals surface area contributed by atoms with Crippen molar-refractivity contribution in [2.24, 2.45) is 5.41 Å². The van der Waals surface area contributed by atoms with E-state index in [1.807, 2.05) is 0 Å². The van der Waals surface area contributed by atoms with Gasteiger partial charge in [-0.05, 0) is 24.7 Å². The molecule has 0 aliphatic heterocycles. The number of anilines is 2. The van der Waals surface area contributed by atoms with Gasteiger partial charge in [-0.2, -0.15) is 0 Å². The number of methoxy groups -OCH3 is 1. The highest BCUT2D eigenvalue weighted by molar-refractivity contribution is 5.62. The van der Waals surface area contributed by atoms with Gasteiger partial charge in [0.15, 0.2) is 0 Å². The van der Waals surface area contributed by atoms with Gasteiger partial charge in [-0.1, -0.05) is 13.3 Å². The number of hydrogen-bond acceptors (Lipinski definition) is 3. The van der Waals surface area contributed by atoms with Crippen molar-refractivity contribution >= 4 is 11.4 Å². The zero-order valence-corrected chi connectivity index (χ0v) is 11.1. The molecular weight excluding hydrogens is 231 g/mol. The number of benzene rings is 1. The third-order valence-electron chi connectivity index (χ3n) is 3.71. The molecule has 18 heavy (non-hydrogen) atoms. The highest BCUT2D eigenvalue weighted by Gasteiger charge is 2.41. The van der Waals surface area contributed by atoms with E-state index >= 15 is 0 Å². The molecule has 0 saturated heterocycles. The van der Waals surface area contributed by atoms with Gasteiger partial charge in [0.1, 0.15) is 11.6 Å². The monoisotopic (exact) mass is 252 g/mol. The van der Waals surface area contributed by atoms with E-state index in [1.54, 1.807) is 6.07 Å². The number of nitrogen functional groups attached to an aromatic ring is 1. The minimum absolute atomic E-state index is 0.319. The molecule has 0 aromatic heterocycles. The van der Waals surface area contributed by atoms with Crippen molar-refractivity contribution in [2.75, 3.05) is 24.7 Å². The molecule has 1 aliphatic rings. The smallest absolute Gasteiger partial charge is 0.148 e. The summed E-state index contributed by atoms with van der Waals surface area (Å²) < 4.78 is 18.9. The summed E-state index contributed by atoms with van der Waals surface area (Å²) in [5.41, 5.74) is 6.84. The van der Waals surface area contributed by atoms with Gasteiger partial charge in [0.2, 0.25) is 0 Å². The molecule has 0 heterocycles. The Hall–Kier alpha value is -1.45. The molecule has 1 aromatic rings. The van der Waals surface area contributed by atoms with E-state index in [2.05, 4.69) is 12.2 Å². The predicted octanol–water partition coefficient (Wildman–Crippen LogP) is 3.41. The van der Waals surface area contributed by atoms with E-state index in [9.17, 15) is 4.39 Å². The predicted molar refractivity (Wildman–Crippen MR) is 72.4 cm³/mol. The van der Waals surface area contributed by atoms with Crippen LogP contribution >= 0.6 is 0 Å². The Morgan fingerprint density at radius 3 is 2.72 bits per heavy atom. The molecule has 0 unspecified atom stereocenters. The van der Waals surface area contributed by atoms with Gasteiger partial charge in [-0.25, -0.2) is 4.39 Å².